The molecule has 1 aliphatic rings. The summed E-state index contributed by atoms with van der Waals surface area (Å²) in [6, 6.07) is 120. The summed E-state index contributed by atoms with van der Waals surface area (Å²) in [6.07, 6.45) is 0. The van der Waals surface area contributed by atoms with Crippen molar-refractivity contribution in [3.63, 3.8) is 0 Å². The molecule has 0 aliphatic heterocycles. The van der Waals surface area contributed by atoms with E-state index in [9.17, 15) is 0 Å². The summed E-state index contributed by atoms with van der Waals surface area (Å²) < 4.78 is 0. The molecule has 0 atom stereocenters. The summed E-state index contributed by atoms with van der Waals surface area (Å²) in [7, 11) is 0. The second-order valence-corrected chi connectivity index (χ2v) is 20.4. The van der Waals surface area contributed by atoms with Crippen molar-refractivity contribution in [3.8, 4) is 55.6 Å². The largest absolute Gasteiger partial charge is 0.310 e. The lowest BCUT2D eigenvalue weighted by atomic mass is 9.67. The lowest BCUT2D eigenvalue weighted by molar-refractivity contribution is 0.768. The first-order valence-electron chi connectivity index (χ1n) is 27.2. The summed E-state index contributed by atoms with van der Waals surface area (Å²) in [5, 5.41) is 2.41. The molecule has 13 aromatic rings. The topological polar surface area (TPSA) is 6.48 Å². The van der Waals surface area contributed by atoms with Crippen molar-refractivity contribution < 1.29 is 0 Å². The molecule has 2 nitrogen and oxygen atoms in total. The van der Waals surface area contributed by atoms with Crippen LogP contribution in [0.5, 0.6) is 0 Å². The highest BCUT2D eigenvalue weighted by Gasteiger charge is 2.47. The molecule has 0 amide bonds. The van der Waals surface area contributed by atoms with Crippen molar-refractivity contribution >= 4 is 44.9 Å². The zero-order valence-corrected chi connectivity index (χ0v) is 43.6. The molecule has 0 fully saturated rings. The minimum absolute atomic E-state index is 0.644. The highest BCUT2D eigenvalue weighted by atomic mass is 15.2. The van der Waals surface area contributed by atoms with Gasteiger partial charge in [0.15, 0.2) is 0 Å². The molecule has 1 aliphatic carbocycles. The molecule has 0 unspecified atom stereocenters. The van der Waals surface area contributed by atoms with Gasteiger partial charge < -0.3 is 9.80 Å². The third-order valence-corrected chi connectivity index (χ3v) is 15.9. The molecule has 2 heteroatoms. The number of anilines is 6. The van der Waals surface area contributed by atoms with Crippen LogP contribution in [0.15, 0.2) is 328 Å². The standard InChI is InChI=1S/C77H54N2/c1-8-25-55(26-9-1)56-43-46-65(47-44-56)78(63-36-18-6-19-37-63)67-51-60(71-49-45-58-29-22-23-40-69(58)75(71)59-30-12-3-13-31-59)52-68(53-67)79(64-38-20-7-21-39-64)66-48-50-72-74(54-66)77(61-32-14-4-15-33-61,62-34-16-5-17-35-62)73-42-24-41-70(76(72)73)57-27-10-2-11-28-57/h1-54H. The molecule has 79 heavy (non-hydrogen) atoms. The second-order valence-electron chi connectivity index (χ2n) is 20.4. The van der Waals surface area contributed by atoms with Crippen molar-refractivity contribution in [2.75, 3.05) is 9.80 Å². The van der Waals surface area contributed by atoms with E-state index in [0.717, 1.165) is 45.3 Å². The van der Waals surface area contributed by atoms with Crippen molar-refractivity contribution in [1.29, 1.82) is 0 Å². The molecule has 0 aromatic heterocycles. The number of rotatable bonds is 12. The van der Waals surface area contributed by atoms with Gasteiger partial charge in [0.2, 0.25) is 0 Å². The summed E-state index contributed by atoms with van der Waals surface area (Å²) in [5.74, 6) is 0. The van der Waals surface area contributed by atoms with Gasteiger partial charge in [0.1, 0.15) is 0 Å². The molecule has 0 bridgehead atoms. The van der Waals surface area contributed by atoms with Crippen LogP contribution in [-0.2, 0) is 5.41 Å². The zero-order valence-electron chi connectivity index (χ0n) is 43.6. The van der Waals surface area contributed by atoms with Crippen LogP contribution < -0.4 is 9.80 Å². The molecule has 0 saturated heterocycles. The van der Waals surface area contributed by atoms with Gasteiger partial charge >= 0.3 is 0 Å². The maximum atomic E-state index is 2.49. The lowest BCUT2D eigenvalue weighted by Gasteiger charge is -2.35. The van der Waals surface area contributed by atoms with Crippen LogP contribution in [0, 0.1) is 0 Å². The summed E-state index contributed by atoms with van der Waals surface area (Å²) in [4.78, 5) is 4.88. The van der Waals surface area contributed by atoms with Crippen LogP contribution >= 0.6 is 0 Å². The number of hydrogen-bond acceptors (Lipinski definition) is 2. The highest BCUT2D eigenvalue weighted by Crippen LogP contribution is 2.59. The van der Waals surface area contributed by atoms with Gasteiger partial charge in [-0.3, -0.25) is 0 Å². The molecule has 0 spiro atoms. The quantitative estimate of drug-likeness (QED) is 0.120. The fraction of sp³-hybridized carbons (Fsp3) is 0.0130. The summed E-state index contributed by atoms with van der Waals surface area (Å²) in [6.45, 7) is 0. The predicted molar refractivity (Wildman–Crippen MR) is 332 cm³/mol. The van der Waals surface area contributed by atoms with Crippen molar-refractivity contribution in [3.05, 3.63) is 350 Å². The Balaban J connectivity index is 1.06. The third kappa shape index (κ3) is 8.39. The smallest absolute Gasteiger partial charge is 0.0714 e. The minimum atomic E-state index is -0.644. The van der Waals surface area contributed by atoms with E-state index in [4.69, 9.17) is 0 Å². The third-order valence-electron chi connectivity index (χ3n) is 15.9. The molecule has 0 radical (unpaired) electrons. The van der Waals surface area contributed by atoms with Gasteiger partial charge in [0, 0.05) is 34.1 Å². The van der Waals surface area contributed by atoms with E-state index in [-0.39, 0.29) is 0 Å². The van der Waals surface area contributed by atoms with Crippen LogP contribution in [0.25, 0.3) is 66.4 Å². The molecular weight excluding hydrogens is 953 g/mol. The Morgan fingerprint density at radius 3 is 1.25 bits per heavy atom. The first kappa shape index (κ1) is 47.2. The molecule has 13 aromatic carbocycles. The number of para-hydroxylation sites is 2. The van der Waals surface area contributed by atoms with E-state index in [0.29, 0.717) is 0 Å². The summed E-state index contributed by atoms with van der Waals surface area (Å²) >= 11 is 0. The zero-order chi connectivity index (χ0) is 52.5. The second kappa shape index (κ2) is 20.3. The monoisotopic (exact) mass is 1010 g/mol. The Labute approximate surface area is 463 Å². The highest BCUT2D eigenvalue weighted by molar-refractivity contribution is 6.05. The van der Waals surface area contributed by atoms with Crippen LogP contribution in [0.3, 0.4) is 0 Å². The Bertz CT molecular complexity index is 4220. The van der Waals surface area contributed by atoms with E-state index >= 15 is 0 Å². The van der Waals surface area contributed by atoms with Gasteiger partial charge in [-0.25, -0.2) is 0 Å². The molecule has 0 saturated carbocycles. The van der Waals surface area contributed by atoms with E-state index in [2.05, 4.69) is 337 Å². The van der Waals surface area contributed by atoms with Crippen LogP contribution in [0.2, 0.25) is 0 Å². The molecule has 0 heterocycles. The van der Waals surface area contributed by atoms with E-state index in [1.165, 1.54) is 77.5 Å². The van der Waals surface area contributed by atoms with E-state index in [1.807, 2.05) is 0 Å². The normalized spacial score (nSPS) is 12.2. The number of hydrogen-bond donors (Lipinski definition) is 0. The number of fused-ring (bicyclic) bond motifs is 4. The molecular formula is C77H54N2. The molecule has 372 valence electrons. The van der Waals surface area contributed by atoms with Gasteiger partial charge in [0.05, 0.1) is 5.41 Å². The lowest BCUT2D eigenvalue weighted by Crippen LogP contribution is -2.28. The van der Waals surface area contributed by atoms with Crippen LogP contribution in [0.4, 0.5) is 34.1 Å². The van der Waals surface area contributed by atoms with Gasteiger partial charge in [-0.15, -0.1) is 0 Å². The SMILES string of the molecule is c1ccc(-c2ccc(N(c3ccccc3)c3cc(-c4ccc5ccccc5c4-c4ccccc4)cc(N(c4ccccc4)c4ccc5c(c4)C(c4ccccc4)(c4ccccc4)c4cccc(-c6ccccc6)c4-5)c3)cc2)cc1. The molecule has 0 N–H and O–H groups in total. The number of benzene rings is 13. The molecule has 14 rings (SSSR count). The van der Waals surface area contributed by atoms with Gasteiger partial charge in [-0.1, -0.05) is 261 Å². The van der Waals surface area contributed by atoms with Crippen molar-refractivity contribution in [1.82, 2.24) is 0 Å². The fourth-order valence-electron chi connectivity index (χ4n) is 12.4. The Morgan fingerprint density at radius 2 is 0.658 bits per heavy atom. The van der Waals surface area contributed by atoms with Gasteiger partial charge in [0.25, 0.3) is 0 Å². The first-order valence-corrected chi connectivity index (χ1v) is 27.2. The Kier molecular flexibility index (Phi) is 12.2. The predicted octanol–water partition coefficient (Wildman–Crippen LogP) is 20.8. The van der Waals surface area contributed by atoms with Crippen molar-refractivity contribution in [2.45, 2.75) is 5.41 Å². The summed E-state index contributed by atoms with van der Waals surface area (Å²) in [5.41, 5.74) is 22.5. The Hall–Kier alpha value is -10.3. The first-order chi connectivity index (χ1) is 39.2. The Morgan fingerprint density at radius 1 is 0.215 bits per heavy atom. The average molecular weight is 1010 g/mol. The minimum Gasteiger partial charge on any atom is -0.310 e. The average Bonchev–Trinajstić information content (AvgIpc) is 3.88. The van der Waals surface area contributed by atoms with Gasteiger partial charge in [-0.2, -0.15) is 0 Å². The van der Waals surface area contributed by atoms with Crippen LogP contribution in [-0.4, -0.2) is 0 Å². The van der Waals surface area contributed by atoms with Crippen LogP contribution in [0.1, 0.15) is 22.3 Å². The maximum absolute atomic E-state index is 2.49. The van der Waals surface area contributed by atoms with E-state index in [1.54, 1.807) is 0 Å². The number of nitrogens with zero attached hydrogens (tertiary/aromatic N) is 2. The van der Waals surface area contributed by atoms with Crippen molar-refractivity contribution in [2.24, 2.45) is 0 Å². The van der Waals surface area contributed by atoms with Gasteiger partial charge in [-0.05, 0) is 155 Å². The maximum Gasteiger partial charge on any atom is 0.0714 e. The fourth-order valence-corrected chi connectivity index (χ4v) is 12.4. The van der Waals surface area contributed by atoms with E-state index < -0.39 is 5.41 Å².